The number of nitrogens with one attached hydrogen (secondary N) is 1. The Hall–Kier alpha value is -4.14. The molecule has 0 bridgehead atoms. The summed E-state index contributed by atoms with van der Waals surface area (Å²) >= 11 is 0. The summed E-state index contributed by atoms with van der Waals surface area (Å²) in [6.07, 6.45) is 1.04. The van der Waals surface area contributed by atoms with Crippen LogP contribution >= 0.6 is 0 Å². The number of hydrogen-bond acceptors (Lipinski definition) is 6. The number of carbonyl (C=O) groups excluding carboxylic acids is 1. The number of fused-ring (bicyclic) bond motifs is 2. The smallest absolute Gasteiger partial charge is 0.290 e. The molecule has 9 nitrogen and oxygen atoms in total. The van der Waals surface area contributed by atoms with E-state index in [0.717, 1.165) is 34.5 Å². The average molecular weight is 444 g/mol. The first-order chi connectivity index (χ1) is 16.0. The van der Waals surface area contributed by atoms with Gasteiger partial charge in [-0.1, -0.05) is 18.2 Å². The van der Waals surface area contributed by atoms with Crippen LogP contribution in [-0.2, 0) is 24.2 Å². The first-order valence-electron chi connectivity index (χ1n) is 10.8. The molecule has 0 saturated heterocycles. The molecular formula is C24H24N6O3. The Bertz CT molecular complexity index is 1440. The summed E-state index contributed by atoms with van der Waals surface area (Å²) in [7, 11) is 1.61. The van der Waals surface area contributed by atoms with E-state index in [1.165, 1.54) is 0 Å². The van der Waals surface area contributed by atoms with Crippen molar-refractivity contribution in [2.24, 2.45) is 0 Å². The minimum atomic E-state index is -0.324. The van der Waals surface area contributed by atoms with Gasteiger partial charge < -0.3 is 15.4 Å². The van der Waals surface area contributed by atoms with Crippen LogP contribution in [0.1, 0.15) is 18.1 Å². The van der Waals surface area contributed by atoms with Crippen molar-refractivity contribution < 1.29 is 9.53 Å². The van der Waals surface area contributed by atoms with E-state index in [1.807, 2.05) is 54.3 Å². The number of nitrogens with zero attached hydrogens (tertiary/aromatic N) is 4. The SMILES string of the molecule is CCn1nc(-c2ccc3c(c2)CCN3C(=O)Cc2cccc(OC)c2)c2c(N)n[nH]c(=O)c21. The molecule has 3 N–H and O–H groups in total. The fourth-order valence-corrected chi connectivity index (χ4v) is 4.45. The Morgan fingerprint density at radius 2 is 2.09 bits per heavy atom. The van der Waals surface area contributed by atoms with E-state index >= 15 is 0 Å². The molecular weight excluding hydrogens is 420 g/mol. The van der Waals surface area contributed by atoms with Gasteiger partial charge >= 0.3 is 0 Å². The van der Waals surface area contributed by atoms with Crippen LogP contribution in [0.4, 0.5) is 11.5 Å². The number of rotatable bonds is 5. The third-order valence-electron chi connectivity index (χ3n) is 6.04. The van der Waals surface area contributed by atoms with Gasteiger partial charge in [-0.25, -0.2) is 5.10 Å². The van der Waals surface area contributed by atoms with E-state index in [4.69, 9.17) is 10.5 Å². The molecule has 168 valence electrons. The molecule has 9 heteroatoms. The molecule has 1 aliphatic heterocycles. The summed E-state index contributed by atoms with van der Waals surface area (Å²) in [6.45, 7) is 3.07. The summed E-state index contributed by atoms with van der Waals surface area (Å²) in [6, 6.07) is 13.4. The zero-order chi connectivity index (χ0) is 23.1. The first-order valence-corrected chi connectivity index (χ1v) is 10.8. The molecule has 0 unspecified atom stereocenters. The van der Waals surface area contributed by atoms with Crippen molar-refractivity contribution in [1.29, 1.82) is 0 Å². The molecule has 2 aromatic carbocycles. The number of anilines is 2. The number of nitrogen functional groups attached to an aromatic ring is 1. The molecule has 33 heavy (non-hydrogen) atoms. The van der Waals surface area contributed by atoms with Crippen LogP contribution in [-0.4, -0.2) is 39.5 Å². The lowest BCUT2D eigenvalue weighted by atomic mass is 10.0. The van der Waals surface area contributed by atoms with Crippen LogP contribution in [0.2, 0.25) is 0 Å². The van der Waals surface area contributed by atoms with E-state index in [9.17, 15) is 9.59 Å². The molecule has 0 spiro atoms. The van der Waals surface area contributed by atoms with Gasteiger partial charge in [0.2, 0.25) is 5.91 Å². The standard InChI is InChI=1S/C24H24N6O3/c1-3-30-22-20(23(25)26-27-24(22)32)21(28-30)16-7-8-18-15(13-16)9-10-29(18)19(31)12-14-5-4-6-17(11-14)33-2/h4-8,11,13H,3,9-10,12H2,1-2H3,(H2,25,26)(H,27,32). The van der Waals surface area contributed by atoms with Crippen LogP contribution in [0.5, 0.6) is 5.75 Å². The van der Waals surface area contributed by atoms with Gasteiger partial charge in [0.25, 0.3) is 5.56 Å². The number of ether oxygens (including phenoxy) is 1. The number of nitrogens with two attached hydrogens (primary N) is 1. The monoisotopic (exact) mass is 444 g/mol. The number of benzene rings is 2. The molecule has 1 aliphatic rings. The van der Waals surface area contributed by atoms with Gasteiger partial charge in [-0.3, -0.25) is 14.3 Å². The molecule has 0 fully saturated rings. The highest BCUT2D eigenvalue weighted by Gasteiger charge is 2.26. The van der Waals surface area contributed by atoms with Crippen LogP contribution < -0.4 is 20.9 Å². The van der Waals surface area contributed by atoms with Gasteiger partial charge in [-0.05, 0) is 48.7 Å². The third kappa shape index (κ3) is 3.51. The summed E-state index contributed by atoms with van der Waals surface area (Å²) < 4.78 is 6.90. The Morgan fingerprint density at radius 1 is 1.24 bits per heavy atom. The largest absolute Gasteiger partial charge is 0.497 e. The van der Waals surface area contributed by atoms with E-state index < -0.39 is 0 Å². The number of hydrogen-bond donors (Lipinski definition) is 2. The molecule has 0 aliphatic carbocycles. The number of H-pyrrole nitrogens is 1. The highest BCUT2D eigenvalue weighted by atomic mass is 16.5. The topological polar surface area (TPSA) is 119 Å². The van der Waals surface area contributed by atoms with Crippen LogP contribution in [0.15, 0.2) is 47.3 Å². The minimum absolute atomic E-state index is 0.0374. The Morgan fingerprint density at radius 3 is 2.88 bits per heavy atom. The quantitative estimate of drug-likeness (QED) is 0.488. The van der Waals surface area contributed by atoms with Crippen molar-refractivity contribution >= 4 is 28.3 Å². The number of carbonyl (C=O) groups is 1. The molecule has 0 saturated carbocycles. The zero-order valence-electron chi connectivity index (χ0n) is 18.5. The lowest BCUT2D eigenvalue weighted by Gasteiger charge is -2.18. The number of aromatic nitrogens is 4. The van der Waals surface area contributed by atoms with E-state index in [-0.39, 0.29) is 17.3 Å². The predicted octanol–water partition coefficient (Wildman–Crippen LogP) is 2.53. The lowest BCUT2D eigenvalue weighted by Crippen LogP contribution is -2.30. The summed E-state index contributed by atoms with van der Waals surface area (Å²) in [4.78, 5) is 27.2. The predicted molar refractivity (Wildman–Crippen MR) is 126 cm³/mol. The molecule has 0 radical (unpaired) electrons. The summed E-state index contributed by atoms with van der Waals surface area (Å²) in [5.41, 5.74) is 10.5. The second kappa shape index (κ2) is 8.09. The average Bonchev–Trinajstić information content (AvgIpc) is 3.43. The zero-order valence-corrected chi connectivity index (χ0v) is 18.5. The van der Waals surface area contributed by atoms with Crippen molar-refractivity contribution in [2.75, 3.05) is 24.3 Å². The van der Waals surface area contributed by atoms with E-state index in [0.29, 0.717) is 36.1 Å². The fraction of sp³-hybridized carbons (Fsp3) is 0.250. The lowest BCUT2D eigenvalue weighted by molar-refractivity contribution is -0.117. The fourth-order valence-electron chi connectivity index (χ4n) is 4.45. The maximum Gasteiger partial charge on any atom is 0.290 e. The summed E-state index contributed by atoms with van der Waals surface area (Å²) in [5.74, 6) is 1.00. The molecule has 5 rings (SSSR count). The summed E-state index contributed by atoms with van der Waals surface area (Å²) in [5, 5.41) is 11.5. The van der Waals surface area contributed by atoms with Crippen molar-refractivity contribution in [2.45, 2.75) is 26.3 Å². The second-order valence-electron chi connectivity index (χ2n) is 7.99. The molecule has 4 aromatic rings. The second-order valence-corrected chi connectivity index (χ2v) is 7.99. The minimum Gasteiger partial charge on any atom is -0.497 e. The van der Waals surface area contributed by atoms with Gasteiger partial charge in [0.15, 0.2) is 5.82 Å². The first kappa shape index (κ1) is 20.7. The van der Waals surface area contributed by atoms with Crippen molar-refractivity contribution in [1.82, 2.24) is 20.0 Å². The van der Waals surface area contributed by atoms with Gasteiger partial charge in [0.1, 0.15) is 17.0 Å². The van der Waals surface area contributed by atoms with Gasteiger partial charge in [-0.15, -0.1) is 0 Å². The van der Waals surface area contributed by atoms with Crippen molar-refractivity contribution in [3.05, 3.63) is 63.9 Å². The van der Waals surface area contributed by atoms with Gasteiger partial charge in [0.05, 0.1) is 18.9 Å². The van der Waals surface area contributed by atoms with Crippen molar-refractivity contribution in [3.63, 3.8) is 0 Å². The highest BCUT2D eigenvalue weighted by Crippen LogP contribution is 2.35. The van der Waals surface area contributed by atoms with Crippen molar-refractivity contribution in [3.8, 4) is 17.0 Å². The number of aryl methyl sites for hydroxylation is 1. The van der Waals surface area contributed by atoms with Gasteiger partial charge in [-0.2, -0.15) is 10.2 Å². The molecule has 2 aromatic heterocycles. The van der Waals surface area contributed by atoms with Crippen LogP contribution in [0, 0.1) is 0 Å². The Kier molecular flexibility index (Phi) is 5.08. The normalized spacial score (nSPS) is 12.8. The van der Waals surface area contributed by atoms with Crippen LogP contribution in [0.3, 0.4) is 0 Å². The number of aromatic amines is 1. The third-order valence-corrected chi connectivity index (χ3v) is 6.04. The number of methoxy groups -OCH3 is 1. The van der Waals surface area contributed by atoms with E-state index in [1.54, 1.807) is 11.8 Å². The maximum absolute atomic E-state index is 13.0. The molecule has 1 amide bonds. The van der Waals surface area contributed by atoms with Crippen LogP contribution in [0.25, 0.3) is 22.2 Å². The molecule has 0 atom stereocenters. The number of amides is 1. The molecule has 3 heterocycles. The van der Waals surface area contributed by atoms with E-state index in [2.05, 4.69) is 15.3 Å². The highest BCUT2D eigenvalue weighted by molar-refractivity contribution is 6.01. The van der Waals surface area contributed by atoms with Gasteiger partial charge in [0, 0.05) is 24.3 Å². The Balaban J connectivity index is 1.48. The maximum atomic E-state index is 13.0. The Labute approximate surface area is 189 Å².